The van der Waals surface area contributed by atoms with Crippen molar-refractivity contribution in [3.05, 3.63) is 35.4 Å². The van der Waals surface area contributed by atoms with Crippen LogP contribution in [0, 0.1) is 12.8 Å². The first kappa shape index (κ1) is 13.6. The van der Waals surface area contributed by atoms with E-state index in [4.69, 9.17) is 10.5 Å². The van der Waals surface area contributed by atoms with Crippen LogP contribution < -0.4 is 5.73 Å². The summed E-state index contributed by atoms with van der Waals surface area (Å²) in [5.74, 6) is 0.355. The van der Waals surface area contributed by atoms with Gasteiger partial charge in [0.2, 0.25) is 0 Å². The number of ether oxygens (including phenoxy) is 1. The van der Waals surface area contributed by atoms with E-state index >= 15 is 0 Å². The van der Waals surface area contributed by atoms with E-state index in [1.54, 1.807) is 0 Å². The van der Waals surface area contributed by atoms with Gasteiger partial charge in [-0.25, -0.2) is 0 Å². The van der Waals surface area contributed by atoms with Crippen molar-refractivity contribution < 1.29 is 4.74 Å². The largest absolute Gasteiger partial charge is 0.369 e. The molecule has 2 rings (SSSR count). The molecule has 0 bridgehead atoms. The van der Waals surface area contributed by atoms with Gasteiger partial charge in [0, 0.05) is 12.0 Å². The summed E-state index contributed by atoms with van der Waals surface area (Å²) in [7, 11) is 0. The smallest absolute Gasteiger partial charge is 0.0680 e. The Morgan fingerprint density at radius 3 is 2.33 bits per heavy atom. The molecule has 1 aromatic carbocycles. The van der Waals surface area contributed by atoms with Gasteiger partial charge >= 0.3 is 0 Å². The van der Waals surface area contributed by atoms with Gasteiger partial charge in [-0.15, -0.1) is 0 Å². The maximum atomic E-state index is 6.52. The molecule has 2 N–H and O–H groups in total. The Bertz CT molecular complexity index is 436. The fourth-order valence-corrected chi connectivity index (χ4v) is 3.34. The minimum Gasteiger partial charge on any atom is -0.369 e. The second-order valence-corrected chi connectivity index (χ2v) is 6.66. The molecule has 18 heavy (non-hydrogen) atoms. The van der Waals surface area contributed by atoms with Crippen molar-refractivity contribution in [2.24, 2.45) is 11.7 Å². The fourth-order valence-electron chi connectivity index (χ4n) is 3.34. The monoisotopic (exact) mass is 247 g/mol. The molecular weight excluding hydrogens is 222 g/mol. The first-order valence-electron chi connectivity index (χ1n) is 6.74. The SMILES string of the molecule is Cc1ccccc1C(N)C1CC(C)(C)OC1(C)C. The average Bonchev–Trinajstić information content (AvgIpc) is 2.46. The van der Waals surface area contributed by atoms with Crippen molar-refractivity contribution in [3.63, 3.8) is 0 Å². The van der Waals surface area contributed by atoms with Gasteiger partial charge in [-0.05, 0) is 52.2 Å². The molecule has 0 aromatic heterocycles. The molecule has 0 radical (unpaired) electrons. The molecule has 0 aliphatic carbocycles. The molecule has 1 fully saturated rings. The van der Waals surface area contributed by atoms with Gasteiger partial charge < -0.3 is 10.5 Å². The Labute approximate surface area is 111 Å². The van der Waals surface area contributed by atoms with Crippen LogP contribution in [0.1, 0.15) is 51.3 Å². The highest BCUT2D eigenvalue weighted by Crippen LogP contribution is 2.47. The first-order chi connectivity index (χ1) is 8.23. The third-order valence-electron chi connectivity index (χ3n) is 4.12. The van der Waals surface area contributed by atoms with Gasteiger partial charge in [-0.3, -0.25) is 0 Å². The average molecular weight is 247 g/mol. The van der Waals surface area contributed by atoms with E-state index in [-0.39, 0.29) is 17.2 Å². The van der Waals surface area contributed by atoms with Crippen molar-refractivity contribution in [2.75, 3.05) is 0 Å². The molecule has 2 heteroatoms. The standard InChI is InChI=1S/C16H25NO/c1-11-8-6-7-9-12(11)14(17)13-10-15(2,3)18-16(13,4)5/h6-9,13-14H,10,17H2,1-5H3. The predicted octanol–water partition coefficient (Wildman–Crippen LogP) is 3.59. The van der Waals surface area contributed by atoms with Gasteiger partial charge in [0.15, 0.2) is 0 Å². The molecule has 0 saturated carbocycles. The third-order valence-corrected chi connectivity index (χ3v) is 4.12. The molecule has 2 nitrogen and oxygen atoms in total. The van der Waals surface area contributed by atoms with Crippen molar-refractivity contribution in [3.8, 4) is 0 Å². The third kappa shape index (κ3) is 2.45. The van der Waals surface area contributed by atoms with Crippen LogP contribution >= 0.6 is 0 Å². The van der Waals surface area contributed by atoms with Crippen molar-refractivity contribution in [2.45, 2.75) is 58.3 Å². The van der Waals surface area contributed by atoms with E-state index in [2.05, 4.69) is 58.9 Å². The minimum absolute atomic E-state index is 0.0444. The lowest BCUT2D eigenvalue weighted by Crippen LogP contribution is -2.36. The quantitative estimate of drug-likeness (QED) is 0.866. The lowest BCUT2D eigenvalue weighted by molar-refractivity contribution is -0.0767. The van der Waals surface area contributed by atoms with E-state index in [0.29, 0.717) is 5.92 Å². The highest BCUT2D eigenvalue weighted by Gasteiger charge is 2.48. The van der Waals surface area contributed by atoms with E-state index in [1.165, 1.54) is 11.1 Å². The molecule has 2 atom stereocenters. The van der Waals surface area contributed by atoms with Gasteiger partial charge in [0.25, 0.3) is 0 Å². The summed E-state index contributed by atoms with van der Waals surface area (Å²) in [6, 6.07) is 8.44. The van der Waals surface area contributed by atoms with E-state index in [9.17, 15) is 0 Å². The molecule has 100 valence electrons. The van der Waals surface area contributed by atoms with Gasteiger partial charge in [0.05, 0.1) is 11.2 Å². The van der Waals surface area contributed by atoms with E-state index < -0.39 is 0 Å². The predicted molar refractivity (Wildman–Crippen MR) is 75.5 cm³/mol. The lowest BCUT2D eigenvalue weighted by atomic mass is 9.78. The number of aryl methyl sites for hydroxylation is 1. The molecule has 2 unspecified atom stereocenters. The Morgan fingerprint density at radius 2 is 1.83 bits per heavy atom. The summed E-state index contributed by atoms with van der Waals surface area (Å²) in [6.45, 7) is 10.7. The van der Waals surface area contributed by atoms with Gasteiger partial charge in [-0.1, -0.05) is 24.3 Å². The maximum Gasteiger partial charge on any atom is 0.0680 e. The van der Waals surface area contributed by atoms with Crippen LogP contribution in [0.5, 0.6) is 0 Å². The minimum atomic E-state index is -0.162. The highest BCUT2D eigenvalue weighted by molar-refractivity contribution is 5.30. The Balaban J connectivity index is 2.30. The van der Waals surface area contributed by atoms with Crippen LogP contribution in [-0.2, 0) is 4.74 Å². The zero-order valence-corrected chi connectivity index (χ0v) is 12.2. The maximum absolute atomic E-state index is 6.52. The van der Waals surface area contributed by atoms with Crippen LogP contribution in [0.15, 0.2) is 24.3 Å². The second-order valence-electron chi connectivity index (χ2n) is 6.66. The normalized spacial score (nSPS) is 27.1. The molecule has 0 amide bonds. The number of hydrogen-bond donors (Lipinski definition) is 1. The summed E-state index contributed by atoms with van der Waals surface area (Å²) >= 11 is 0. The molecule has 1 aliphatic rings. The lowest BCUT2D eigenvalue weighted by Gasteiger charge is -2.31. The Morgan fingerprint density at radius 1 is 1.22 bits per heavy atom. The van der Waals surface area contributed by atoms with Crippen LogP contribution in [0.3, 0.4) is 0 Å². The number of nitrogens with two attached hydrogens (primary N) is 1. The fraction of sp³-hybridized carbons (Fsp3) is 0.625. The Kier molecular flexibility index (Phi) is 3.28. The first-order valence-corrected chi connectivity index (χ1v) is 6.74. The van der Waals surface area contributed by atoms with Gasteiger partial charge in [-0.2, -0.15) is 0 Å². The van der Waals surface area contributed by atoms with Crippen LogP contribution in [0.25, 0.3) is 0 Å². The van der Waals surface area contributed by atoms with Crippen molar-refractivity contribution >= 4 is 0 Å². The molecule has 1 saturated heterocycles. The Hall–Kier alpha value is -0.860. The zero-order chi connectivity index (χ0) is 13.6. The molecule has 1 heterocycles. The van der Waals surface area contributed by atoms with E-state index in [0.717, 1.165) is 6.42 Å². The summed E-state index contributed by atoms with van der Waals surface area (Å²) in [5.41, 5.74) is 8.80. The zero-order valence-electron chi connectivity index (χ0n) is 12.2. The molecule has 1 aromatic rings. The van der Waals surface area contributed by atoms with Crippen molar-refractivity contribution in [1.29, 1.82) is 0 Å². The van der Waals surface area contributed by atoms with E-state index in [1.807, 2.05) is 0 Å². The number of benzene rings is 1. The van der Waals surface area contributed by atoms with Crippen LogP contribution in [0.4, 0.5) is 0 Å². The molecule has 0 spiro atoms. The topological polar surface area (TPSA) is 35.2 Å². The van der Waals surface area contributed by atoms with Gasteiger partial charge in [0.1, 0.15) is 0 Å². The van der Waals surface area contributed by atoms with Crippen molar-refractivity contribution in [1.82, 2.24) is 0 Å². The molecular formula is C16H25NO. The number of hydrogen-bond acceptors (Lipinski definition) is 2. The summed E-state index contributed by atoms with van der Waals surface area (Å²) < 4.78 is 6.15. The summed E-state index contributed by atoms with van der Waals surface area (Å²) in [5, 5.41) is 0. The summed E-state index contributed by atoms with van der Waals surface area (Å²) in [6.07, 6.45) is 1.01. The van der Waals surface area contributed by atoms with Crippen LogP contribution in [0.2, 0.25) is 0 Å². The van der Waals surface area contributed by atoms with Crippen LogP contribution in [-0.4, -0.2) is 11.2 Å². The highest BCUT2D eigenvalue weighted by atomic mass is 16.5. The molecule has 1 aliphatic heterocycles. The summed E-state index contributed by atoms with van der Waals surface area (Å²) in [4.78, 5) is 0. The second kappa shape index (κ2) is 4.36. The number of rotatable bonds is 2.